The van der Waals surface area contributed by atoms with Crippen LogP contribution in [0.3, 0.4) is 0 Å². The number of nitrogens with one attached hydrogen (secondary N) is 1. The fourth-order valence-corrected chi connectivity index (χ4v) is 2.08. The van der Waals surface area contributed by atoms with Crippen molar-refractivity contribution in [1.29, 1.82) is 0 Å². The Labute approximate surface area is 137 Å². The molecule has 0 fully saturated rings. The molecular formula is C19H22N2O2. The molecule has 2 rings (SSSR count). The predicted octanol–water partition coefficient (Wildman–Crippen LogP) is 3.51. The lowest BCUT2D eigenvalue weighted by Crippen LogP contribution is -2.16. The van der Waals surface area contributed by atoms with Crippen molar-refractivity contribution in [1.82, 2.24) is 0 Å². The Kier molecular flexibility index (Phi) is 5.94. The van der Waals surface area contributed by atoms with E-state index in [2.05, 4.69) is 40.6 Å². The van der Waals surface area contributed by atoms with Gasteiger partial charge in [0, 0.05) is 32.6 Å². The third kappa shape index (κ3) is 5.27. The van der Waals surface area contributed by atoms with E-state index in [1.807, 2.05) is 44.4 Å². The van der Waals surface area contributed by atoms with E-state index >= 15 is 0 Å². The minimum atomic E-state index is -0.156. The van der Waals surface area contributed by atoms with Crippen LogP contribution >= 0.6 is 0 Å². The molecule has 0 aliphatic rings. The van der Waals surface area contributed by atoms with Crippen LogP contribution in [-0.4, -0.2) is 33.7 Å². The molecular weight excluding hydrogens is 288 g/mol. The van der Waals surface area contributed by atoms with Gasteiger partial charge in [-0.3, -0.25) is 4.79 Å². The number of methoxy groups -OCH3 is 1. The van der Waals surface area contributed by atoms with E-state index in [-0.39, 0.29) is 12.5 Å². The van der Waals surface area contributed by atoms with Crippen LogP contribution in [0.1, 0.15) is 11.1 Å². The second-order valence-corrected chi connectivity index (χ2v) is 5.42. The van der Waals surface area contributed by atoms with Gasteiger partial charge < -0.3 is 15.0 Å². The highest BCUT2D eigenvalue weighted by molar-refractivity contribution is 5.91. The number of anilines is 2. The van der Waals surface area contributed by atoms with Crippen LogP contribution < -0.4 is 10.2 Å². The summed E-state index contributed by atoms with van der Waals surface area (Å²) in [6.45, 7) is 0.0601. The number of nitrogens with zero attached hydrogens (tertiary/aromatic N) is 1. The summed E-state index contributed by atoms with van der Waals surface area (Å²) in [5.41, 5.74) is 4.16. The maximum atomic E-state index is 11.4. The number of hydrogen-bond donors (Lipinski definition) is 1. The maximum Gasteiger partial charge on any atom is 0.250 e. The van der Waals surface area contributed by atoms with E-state index < -0.39 is 0 Å². The average molecular weight is 310 g/mol. The third-order valence-electron chi connectivity index (χ3n) is 3.35. The maximum absolute atomic E-state index is 11.4. The lowest BCUT2D eigenvalue weighted by atomic mass is 10.1. The van der Waals surface area contributed by atoms with Gasteiger partial charge in [-0.1, -0.05) is 36.4 Å². The fraction of sp³-hybridized carbons (Fsp3) is 0.211. The SMILES string of the molecule is COCC(=O)Nc1ccc(/C=C/c2ccc(N(C)C)cc2)cc1. The van der Waals surface area contributed by atoms with Crippen LogP contribution in [0.25, 0.3) is 12.2 Å². The van der Waals surface area contributed by atoms with Crippen molar-refractivity contribution in [2.75, 3.05) is 38.0 Å². The molecule has 0 radical (unpaired) electrons. The Morgan fingerprint density at radius 3 is 2.00 bits per heavy atom. The molecule has 0 heterocycles. The molecule has 2 aromatic carbocycles. The summed E-state index contributed by atoms with van der Waals surface area (Å²) in [4.78, 5) is 13.5. The molecule has 2 aromatic rings. The summed E-state index contributed by atoms with van der Waals surface area (Å²) < 4.78 is 4.78. The zero-order chi connectivity index (χ0) is 16.7. The van der Waals surface area contributed by atoms with Gasteiger partial charge in [-0.2, -0.15) is 0 Å². The molecule has 1 amide bonds. The highest BCUT2D eigenvalue weighted by Gasteiger charge is 2.00. The van der Waals surface area contributed by atoms with Crippen LogP contribution in [-0.2, 0) is 9.53 Å². The van der Waals surface area contributed by atoms with E-state index in [1.165, 1.54) is 12.8 Å². The van der Waals surface area contributed by atoms with E-state index in [0.29, 0.717) is 0 Å². The van der Waals surface area contributed by atoms with Crippen molar-refractivity contribution in [3.05, 3.63) is 59.7 Å². The van der Waals surface area contributed by atoms with Crippen LogP contribution in [0.15, 0.2) is 48.5 Å². The first-order valence-electron chi connectivity index (χ1n) is 7.43. The first kappa shape index (κ1) is 16.8. The number of carbonyl (C=O) groups is 1. The van der Waals surface area contributed by atoms with E-state index in [1.54, 1.807) is 0 Å². The molecule has 4 heteroatoms. The lowest BCUT2D eigenvalue weighted by Gasteiger charge is -2.11. The first-order valence-corrected chi connectivity index (χ1v) is 7.43. The summed E-state index contributed by atoms with van der Waals surface area (Å²) in [7, 11) is 5.55. The zero-order valence-electron chi connectivity index (χ0n) is 13.7. The molecule has 0 saturated heterocycles. The molecule has 4 nitrogen and oxygen atoms in total. The summed E-state index contributed by atoms with van der Waals surface area (Å²) in [6.07, 6.45) is 4.11. The number of rotatable bonds is 6. The zero-order valence-corrected chi connectivity index (χ0v) is 13.7. The largest absolute Gasteiger partial charge is 0.378 e. The van der Waals surface area contributed by atoms with Gasteiger partial charge in [0.1, 0.15) is 6.61 Å². The number of amides is 1. The second kappa shape index (κ2) is 8.15. The molecule has 0 unspecified atom stereocenters. The first-order chi connectivity index (χ1) is 11.1. The summed E-state index contributed by atoms with van der Waals surface area (Å²) >= 11 is 0. The van der Waals surface area contributed by atoms with Gasteiger partial charge in [-0.05, 0) is 35.4 Å². The summed E-state index contributed by atoms with van der Waals surface area (Å²) in [5, 5.41) is 2.77. The van der Waals surface area contributed by atoms with Crippen molar-refractivity contribution in [3.8, 4) is 0 Å². The molecule has 23 heavy (non-hydrogen) atoms. The number of hydrogen-bond acceptors (Lipinski definition) is 3. The number of benzene rings is 2. The van der Waals surface area contributed by atoms with Crippen LogP contribution in [0, 0.1) is 0 Å². The Balaban J connectivity index is 1.98. The second-order valence-electron chi connectivity index (χ2n) is 5.42. The molecule has 0 spiro atoms. The smallest absolute Gasteiger partial charge is 0.250 e. The molecule has 0 atom stereocenters. The van der Waals surface area contributed by atoms with Crippen molar-refractivity contribution >= 4 is 29.4 Å². The minimum absolute atomic E-state index is 0.0601. The quantitative estimate of drug-likeness (QED) is 0.830. The van der Waals surface area contributed by atoms with Crippen molar-refractivity contribution in [2.24, 2.45) is 0 Å². The normalized spacial score (nSPS) is 10.7. The van der Waals surface area contributed by atoms with Gasteiger partial charge in [-0.25, -0.2) is 0 Å². The van der Waals surface area contributed by atoms with E-state index in [0.717, 1.165) is 16.8 Å². The molecule has 0 saturated carbocycles. The number of carbonyl (C=O) groups excluding carboxylic acids is 1. The van der Waals surface area contributed by atoms with Crippen LogP contribution in [0.5, 0.6) is 0 Å². The molecule has 0 aliphatic heterocycles. The van der Waals surface area contributed by atoms with Gasteiger partial charge in [0.15, 0.2) is 0 Å². The van der Waals surface area contributed by atoms with Gasteiger partial charge >= 0.3 is 0 Å². The fourth-order valence-electron chi connectivity index (χ4n) is 2.08. The average Bonchev–Trinajstić information content (AvgIpc) is 2.55. The van der Waals surface area contributed by atoms with Crippen molar-refractivity contribution in [2.45, 2.75) is 0 Å². The molecule has 1 N–H and O–H groups in total. The molecule has 120 valence electrons. The van der Waals surface area contributed by atoms with Crippen molar-refractivity contribution in [3.63, 3.8) is 0 Å². The summed E-state index contributed by atoms with van der Waals surface area (Å²) in [6, 6.07) is 16.0. The van der Waals surface area contributed by atoms with Gasteiger partial charge in [0.05, 0.1) is 0 Å². The van der Waals surface area contributed by atoms with Gasteiger partial charge in [0.25, 0.3) is 0 Å². The highest BCUT2D eigenvalue weighted by Crippen LogP contribution is 2.16. The van der Waals surface area contributed by atoms with Crippen molar-refractivity contribution < 1.29 is 9.53 Å². The van der Waals surface area contributed by atoms with Crippen LogP contribution in [0.4, 0.5) is 11.4 Å². The van der Waals surface area contributed by atoms with Gasteiger partial charge in [0.2, 0.25) is 5.91 Å². The Morgan fingerprint density at radius 2 is 1.52 bits per heavy atom. The number of ether oxygens (including phenoxy) is 1. The highest BCUT2D eigenvalue weighted by atomic mass is 16.5. The molecule has 0 aliphatic carbocycles. The monoisotopic (exact) mass is 310 g/mol. The Hall–Kier alpha value is -2.59. The van der Waals surface area contributed by atoms with Crippen LogP contribution in [0.2, 0.25) is 0 Å². The van der Waals surface area contributed by atoms with E-state index in [9.17, 15) is 4.79 Å². The summed E-state index contributed by atoms with van der Waals surface area (Å²) in [5.74, 6) is -0.156. The van der Waals surface area contributed by atoms with E-state index in [4.69, 9.17) is 4.74 Å². The standard InChI is InChI=1S/C19H22N2O2/c1-21(2)18-12-8-16(9-13-18)5-4-15-6-10-17(11-7-15)20-19(22)14-23-3/h4-13H,14H2,1-3H3,(H,20,22)/b5-4+. The topological polar surface area (TPSA) is 41.6 Å². The minimum Gasteiger partial charge on any atom is -0.378 e. The third-order valence-corrected chi connectivity index (χ3v) is 3.35. The molecule has 0 bridgehead atoms. The van der Waals surface area contributed by atoms with Gasteiger partial charge in [-0.15, -0.1) is 0 Å². The Bertz CT molecular complexity index is 659. The lowest BCUT2D eigenvalue weighted by molar-refractivity contribution is -0.119. The molecule has 0 aromatic heterocycles. The predicted molar refractivity (Wildman–Crippen MR) is 96.6 cm³/mol. The Morgan fingerprint density at radius 1 is 1.00 bits per heavy atom.